The van der Waals surface area contributed by atoms with Gasteiger partial charge in [0.1, 0.15) is 5.58 Å². The summed E-state index contributed by atoms with van der Waals surface area (Å²) in [7, 11) is 0. The molecule has 2 aromatic rings. The number of benzene rings is 1. The van der Waals surface area contributed by atoms with Crippen LogP contribution in [0.25, 0.3) is 11.0 Å². The highest BCUT2D eigenvalue weighted by Gasteiger charge is 2.40. The van der Waals surface area contributed by atoms with Crippen LogP contribution in [0, 0.1) is 12.8 Å². The number of rotatable bonds is 3. The number of hydrogen-bond acceptors (Lipinski definition) is 4. The molecule has 138 valence electrons. The Morgan fingerprint density at radius 3 is 2.96 bits per heavy atom. The zero-order valence-corrected chi connectivity index (χ0v) is 15.1. The summed E-state index contributed by atoms with van der Waals surface area (Å²) < 4.78 is 5.85. The second kappa shape index (κ2) is 6.76. The van der Waals surface area contributed by atoms with Crippen molar-refractivity contribution in [2.24, 2.45) is 11.7 Å². The summed E-state index contributed by atoms with van der Waals surface area (Å²) in [5.41, 5.74) is 7.48. The predicted octanol–water partition coefficient (Wildman–Crippen LogP) is 2.15. The fourth-order valence-electron chi connectivity index (χ4n) is 4.44. The van der Waals surface area contributed by atoms with Crippen molar-refractivity contribution >= 4 is 22.8 Å². The minimum Gasteiger partial charge on any atom is -0.451 e. The molecule has 6 heteroatoms. The van der Waals surface area contributed by atoms with Crippen LogP contribution in [0.3, 0.4) is 0 Å². The average Bonchev–Trinajstić information content (AvgIpc) is 3.09. The molecule has 4 rings (SSSR count). The molecule has 0 saturated carbocycles. The number of nitrogens with zero attached hydrogens (tertiary/aromatic N) is 2. The Hall–Kier alpha value is -2.34. The first-order chi connectivity index (χ1) is 12.6. The van der Waals surface area contributed by atoms with E-state index < -0.39 is 0 Å². The van der Waals surface area contributed by atoms with Crippen molar-refractivity contribution < 1.29 is 14.0 Å². The third-order valence-electron chi connectivity index (χ3n) is 5.75. The van der Waals surface area contributed by atoms with E-state index in [1.807, 2.05) is 41.0 Å². The lowest BCUT2D eigenvalue weighted by Gasteiger charge is -2.46. The van der Waals surface area contributed by atoms with Crippen LogP contribution in [0.2, 0.25) is 0 Å². The molecule has 2 aliphatic rings. The number of nitrogens with two attached hydrogens (primary N) is 1. The van der Waals surface area contributed by atoms with Gasteiger partial charge in [-0.05, 0) is 37.3 Å². The molecule has 2 amide bonds. The summed E-state index contributed by atoms with van der Waals surface area (Å²) in [6.07, 6.45) is 2.20. The van der Waals surface area contributed by atoms with Crippen LogP contribution in [0.5, 0.6) is 0 Å². The van der Waals surface area contributed by atoms with E-state index in [9.17, 15) is 9.59 Å². The van der Waals surface area contributed by atoms with Crippen molar-refractivity contribution in [1.29, 1.82) is 0 Å². The highest BCUT2D eigenvalue weighted by Crippen LogP contribution is 2.32. The summed E-state index contributed by atoms with van der Waals surface area (Å²) in [5, 5.41) is 0.959. The van der Waals surface area contributed by atoms with Gasteiger partial charge in [0.2, 0.25) is 5.91 Å². The van der Waals surface area contributed by atoms with E-state index in [1.165, 1.54) is 0 Å². The summed E-state index contributed by atoms with van der Waals surface area (Å²) in [6, 6.07) is 7.96. The monoisotopic (exact) mass is 355 g/mol. The van der Waals surface area contributed by atoms with Gasteiger partial charge >= 0.3 is 0 Å². The van der Waals surface area contributed by atoms with Crippen LogP contribution < -0.4 is 5.73 Å². The average molecular weight is 355 g/mol. The number of carbonyl (C=O) groups excluding carboxylic acids is 2. The molecule has 6 nitrogen and oxygen atoms in total. The smallest absolute Gasteiger partial charge is 0.289 e. The van der Waals surface area contributed by atoms with Crippen LogP contribution in [0.1, 0.15) is 35.4 Å². The quantitative estimate of drug-likeness (QED) is 0.915. The maximum atomic E-state index is 13.0. The van der Waals surface area contributed by atoms with Gasteiger partial charge in [-0.3, -0.25) is 9.59 Å². The lowest BCUT2D eigenvalue weighted by molar-refractivity contribution is -0.140. The second-order valence-electron chi connectivity index (χ2n) is 7.39. The highest BCUT2D eigenvalue weighted by atomic mass is 16.3. The van der Waals surface area contributed by atoms with E-state index in [4.69, 9.17) is 10.2 Å². The maximum Gasteiger partial charge on any atom is 0.289 e. The van der Waals surface area contributed by atoms with Crippen LogP contribution in [-0.2, 0) is 4.79 Å². The molecule has 26 heavy (non-hydrogen) atoms. The van der Waals surface area contributed by atoms with E-state index in [0.717, 1.165) is 29.4 Å². The molecule has 3 heterocycles. The van der Waals surface area contributed by atoms with E-state index in [0.29, 0.717) is 44.3 Å². The van der Waals surface area contributed by atoms with Gasteiger partial charge in [0.25, 0.3) is 5.91 Å². The lowest BCUT2D eigenvalue weighted by atomic mass is 9.83. The normalized spacial score (nSPS) is 23.4. The molecule has 2 atom stereocenters. The van der Waals surface area contributed by atoms with Crippen molar-refractivity contribution in [3.05, 3.63) is 35.6 Å². The van der Waals surface area contributed by atoms with Gasteiger partial charge < -0.3 is 20.0 Å². The zero-order valence-electron chi connectivity index (χ0n) is 15.1. The molecule has 1 aromatic carbocycles. The summed E-state index contributed by atoms with van der Waals surface area (Å²) in [4.78, 5) is 29.0. The van der Waals surface area contributed by atoms with Crippen LogP contribution in [0.4, 0.5) is 0 Å². The first kappa shape index (κ1) is 17.1. The molecule has 2 fully saturated rings. The van der Waals surface area contributed by atoms with Crippen molar-refractivity contribution in [1.82, 2.24) is 9.80 Å². The Bertz CT molecular complexity index is 844. The first-order valence-corrected chi connectivity index (χ1v) is 9.36. The largest absolute Gasteiger partial charge is 0.451 e. The molecule has 2 aliphatic heterocycles. The molecule has 0 aliphatic carbocycles. The Morgan fingerprint density at radius 2 is 2.19 bits per heavy atom. The molecule has 0 bridgehead atoms. The van der Waals surface area contributed by atoms with Gasteiger partial charge in [0.15, 0.2) is 5.76 Å². The van der Waals surface area contributed by atoms with E-state index in [2.05, 4.69) is 0 Å². The van der Waals surface area contributed by atoms with Gasteiger partial charge in [-0.1, -0.05) is 18.2 Å². The van der Waals surface area contributed by atoms with Crippen LogP contribution >= 0.6 is 0 Å². The third kappa shape index (κ3) is 2.88. The SMILES string of the molecule is Cc1cccc2cc(C(=O)N3CCC4C(CCC(=O)N4CCN)C3)oc12. The van der Waals surface area contributed by atoms with Crippen LogP contribution in [0.15, 0.2) is 28.7 Å². The summed E-state index contributed by atoms with van der Waals surface area (Å²) >= 11 is 0. The third-order valence-corrected chi connectivity index (χ3v) is 5.75. The van der Waals surface area contributed by atoms with Crippen molar-refractivity contribution in [2.45, 2.75) is 32.2 Å². The predicted molar refractivity (Wildman–Crippen MR) is 98.8 cm³/mol. The molecule has 1 aromatic heterocycles. The topological polar surface area (TPSA) is 79.8 Å². The number of aryl methyl sites for hydroxylation is 1. The number of carbonyl (C=O) groups is 2. The number of piperidine rings is 2. The fraction of sp³-hybridized carbons (Fsp3) is 0.500. The van der Waals surface area contributed by atoms with Gasteiger partial charge in [-0.25, -0.2) is 0 Å². The number of amides is 2. The first-order valence-electron chi connectivity index (χ1n) is 9.36. The number of para-hydroxylation sites is 1. The number of hydrogen-bond donors (Lipinski definition) is 1. The Labute approximate surface area is 152 Å². The van der Waals surface area contributed by atoms with Gasteiger partial charge in [-0.2, -0.15) is 0 Å². The minimum atomic E-state index is -0.0543. The second-order valence-corrected chi connectivity index (χ2v) is 7.39. The summed E-state index contributed by atoms with van der Waals surface area (Å²) in [6.45, 7) is 4.39. The standard InChI is InChI=1S/C20H25N3O3/c1-13-3-2-4-14-11-17(26-19(13)14)20(25)22-9-7-16-15(12-22)5-6-18(24)23(16)10-8-21/h2-4,11,15-16H,5-10,12,21H2,1H3. The van der Waals surface area contributed by atoms with Gasteiger partial charge in [0, 0.05) is 44.0 Å². The molecule has 2 N–H and O–H groups in total. The Balaban J connectivity index is 1.52. The Morgan fingerprint density at radius 1 is 1.35 bits per heavy atom. The molecule has 2 saturated heterocycles. The van der Waals surface area contributed by atoms with Crippen LogP contribution in [-0.4, -0.2) is 53.8 Å². The maximum absolute atomic E-state index is 13.0. The van der Waals surface area contributed by atoms with E-state index in [1.54, 1.807) is 0 Å². The lowest BCUT2D eigenvalue weighted by Crippen LogP contribution is -2.57. The number of fused-ring (bicyclic) bond motifs is 2. The Kier molecular flexibility index (Phi) is 4.44. The highest BCUT2D eigenvalue weighted by molar-refractivity contribution is 5.96. The molecule has 0 radical (unpaired) electrons. The van der Waals surface area contributed by atoms with Gasteiger partial charge in [0.05, 0.1) is 0 Å². The van der Waals surface area contributed by atoms with Crippen molar-refractivity contribution in [2.75, 3.05) is 26.2 Å². The van der Waals surface area contributed by atoms with E-state index >= 15 is 0 Å². The van der Waals surface area contributed by atoms with Crippen molar-refractivity contribution in [3.63, 3.8) is 0 Å². The zero-order chi connectivity index (χ0) is 18.3. The van der Waals surface area contributed by atoms with Crippen molar-refractivity contribution in [3.8, 4) is 0 Å². The molecular formula is C20H25N3O3. The minimum absolute atomic E-state index is 0.0543. The molecule has 0 spiro atoms. The summed E-state index contributed by atoms with van der Waals surface area (Å²) in [5.74, 6) is 0.868. The molecule has 2 unspecified atom stereocenters. The molecular weight excluding hydrogens is 330 g/mol. The van der Waals surface area contributed by atoms with E-state index in [-0.39, 0.29) is 17.9 Å². The number of likely N-dealkylation sites (tertiary alicyclic amines) is 2. The fourth-order valence-corrected chi connectivity index (χ4v) is 4.44. The number of furan rings is 1. The van der Waals surface area contributed by atoms with Gasteiger partial charge in [-0.15, -0.1) is 0 Å².